The summed E-state index contributed by atoms with van der Waals surface area (Å²) in [7, 11) is -2.99. The van der Waals surface area contributed by atoms with Crippen molar-refractivity contribution in [1.29, 1.82) is 0 Å². The molecular formula is C15H21N5O2S. The third kappa shape index (κ3) is 2.81. The Balaban J connectivity index is 1.41. The summed E-state index contributed by atoms with van der Waals surface area (Å²) in [4.78, 5) is 4.24. The van der Waals surface area contributed by atoms with Crippen LogP contribution in [0.4, 0.5) is 5.69 Å². The number of rotatable bonds is 3. The summed E-state index contributed by atoms with van der Waals surface area (Å²) in [5, 5.41) is 11.5. The van der Waals surface area contributed by atoms with Gasteiger partial charge in [-0.2, -0.15) is 9.40 Å². The van der Waals surface area contributed by atoms with Crippen LogP contribution in [0.1, 0.15) is 32.1 Å². The third-order valence-corrected chi connectivity index (χ3v) is 6.96. The molecule has 3 heterocycles. The molecule has 124 valence electrons. The molecular weight excluding hydrogens is 314 g/mol. The Bertz CT molecular complexity index is 795. The van der Waals surface area contributed by atoms with Crippen molar-refractivity contribution in [2.24, 2.45) is 0 Å². The molecule has 0 aromatic carbocycles. The molecule has 23 heavy (non-hydrogen) atoms. The highest BCUT2D eigenvalue weighted by molar-refractivity contribution is 7.89. The number of nitrogens with zero attached hydrogens (tertiary/aromatic N) is 3. The summed E-state index contributed by atoms with van der Waals surface area (Å²) < 4.78 is 25.8. The molecule has 2 fully saturated rings. The summed E-state index contributed by atoms with van der Waals surface area (Å²) in [6.45, 7) is 0.699. The van der Waals surface area contributed by atoms with Crippen molar-refractivity contribution in [3.63, 3.8) is 0 Å². The zero-order chi connectivity index (χ0) is 15.9. The van der Waals surface area contributed by atoms with Crippen LogP contribution in [0.3, 0.4) is 0 Å². The molecule has 1 aliphatic heterocycles. The van der Waals surface area contributed by atoms with Gasteiger partial charge in [0.05, 0.1) is 17.3 Å². The number of aromatic amines is 1. The van der Waals surface area contributed by atoms with E-state index in [1.807, 2.05) is 6.07 Å². The minimum absolute atomic E-state index is 0.187. The lowest BCUT2D eigenvalue weighted by molar-refractivity contribution is 0.258. The van der Waals surface area contributed by atoms with Crippen molar-refractivity contribution in [3.05, 3.63) is 18.5 Å². The van der Waals surface area contributed by atoms with Crippen molar-refractivity contribution >= 4 is 26.7 Å². The Morgan fingerprint density at radius 2 is 2.09 bits per heavy atom. The second-order valence-electron chi connectivity index (χ2n) is 6.42. The van der Waals surface area contributed by atoms with Crippen LogP contribution in [0.25, 0.3) is 11.0 Å². The SMILES string of the molecule is O=S1(=O)CCCN1C1CCC(Nc2ccnc3[nH]ncc23)CC1. The first-order valence-corrected chi connectivity index (χ1v) is 9.78. The van der Waals surface area contributed by atoms with E-state index in [2.05, 4.69) is 20.5 Å². The van der Waals surface area contributed by atoms with Gasteiger partial charge in [0.25, 0.3) is 0 Å². The Morgan fingerprint density at radius 1 is 1.26 bits per heavy atom. The van der Waals surface area contributed by atoms with Gasteiger partial charge in [-0.3, -0.25) is 5.10 Å². The average Bonchev–Trinajstić information content (AvgIpc) is 3.15. The van der Waals surface area contributed by atoms with Crippen molar-refractivity contribution in [2.75, 3.05) is 17.6 Å². The van der Waals surface area contributed by atoms with Crippen LogP contribution in [-0.2, 0) is 10.0 Å². The molecule has 1 aliphatic carbocycles. The van der Waals surface area contributed by atoms with Crippen LogP contribution >= 0.6 is 0 Å². The summed E-state index contributed by atoms with van der Waals surface area (Å²) in [5.41, 5.74) is 1.83. The van der Waals surface area contributed by atoms with E-state index in [9.17, 15) is 8.42 Å². The smallest absolute Gasteiger partial charge is 0.214 e. The molecule has 0 radical (unpaired) electrons. The molecule has 8 heteroatoms. The normalized spacial score (nSPS) is 28.2. The first-order valence-electron chi connectivity index (χ1n) is 8.17. The van der Waals surface area contributed by atoms with Crippen LogP contribution < -0.4 is 5.32 Å². The predicted molar refractivity (Wildman–Crippen MR) is 88.7 cm³/mol. The van der Waals surface area contributed by atoms with Gasteiger partial charge in [0, 0.05) is 30.5 Å². The van der Waals surface area contributed by atoms with E-state index in [0.717, 1.165) is 48.8 Å². The number of hydrogen-bond donors (Lipinski definition) is 2. The number of fused-ring (bicyclic) bond motifs is 1. The molecule has 0 atom stereocenters. The lowest BCUT2D eigenvalue weighted by Crippen LogP contribution is -2.41. The molecule has 0 bridgehead atoms. The van der Waals surface area contributed by atoms with E-state index in [1.165, 1.54) is 0 Å². The fraction of sp³-hybridized carbons (Fsp3) is 0.600. The van der Waals surface area contributed by atoms with Gasteiger partial charge >= 0.3 is 0 Å². The molecule has 0 spiro atoms. The number of H-pyrrole nitrogens is 1. The summed E-state index contributed by atoms with van der Waals surface area (Å²) in [5.74, 6) is 0.320. The molecule has 2 N–H and O–H groups in total. The van der Waals surface area contributed by atoms with Crippen LogP contribution in [0.5, 0.6) is 0 Å². The van der Waals surface area contributed by atoms with Gasteiger partial charge in [0.2, 0.25) is 10.0 Å². The number of anilines is 1. The number of nitrogens with one attached hydrogen (secondary N) is 2. The fourth-order valence-corrected chi connectivity index (χ4v) is 5.57. The first kappa shape index (κ1) is 14.9. The Kier molecular flexibility index (Phi) is 3.73. The minimum atomic E-state index is -2.99. The standard InChI is InChI=1S/C15H21N5O2S/c21-23(22)9-1-8-20(23)12-4-2-11(3-5-12)18-14-6-7-16-15-13(14)10-17-19-15/h6-7,10-12H,1-5,8-9H2,(H2,16,17,18,19). The maximum absolute atomic E-state index is 12.0. The van der Waals surface area contributed by atoms with Gasteiger partial charge in [0.15, 0.2) is 5.65 Å². The second kappa shape index (κ2) is 5.76. The number of hydrogen-bond acceptors (Lipinski definition) is 5. The number of pyridine rings is 1. The Labute approximate surface area is 135 Å². The third-order valence-electron chi connectivity index (χ3n) is 4.96. The Morgan fingerprint density at radius 3 is 2.83 bits per heavy atom. The van der Waals surface area contributed by atoms with Crippen molar-refractivity contribution in [2.45, 2.75) is 44.2 Å². The number of sulfonamides is 1. The van der Waals surface area contributed by atoms with Gasteiger partial charge in [-0.15, -0.1) is 0 Å². The largest absolute Gasteiger partial charge is 0.382 e. The van der Waals surface area contributed by atoms with E-state index in [1.54, 1.807) is 16.7 Å². The highest BCUT2D eigenvalue weighted by Gasteiger charge is 2.36. The summed E-state index contributed by atoms with van der Waals surface area (Å²) >= 11 is 0. The van der Waals surface area contributed by atoms with E-state index in [0.29, 0.717) is 18.3 Å². The van der Waals surface area contributed by atoms with Crippen molar-refractivity contribution in [3.8, 4) is 0 Å². The van der Waals surface area contributed by atoms with E-state index >= 15 is 0 Å². The quantitative estimate of drug-likeness (QED) is 0.891. The lowest BCUT2D eigenvalue weighted by atomic mass is 9.91. The predicted octanol–water partition coefficient (Wildman–Crippen LogP) is 1.72. The first-order chi connectivity index (χ1) is 11.1. The highest BCUT2D eigenvalue weighted by atomic mass is 32.2. The average molecular weight is 335 g/mol. The van der Waals surface area contributed by atoms with E-state index in [4.69, 9.17) is 0 Å². The zero-order valence-corrected chi connectivity index (χ0v) is 13.7. The van der Waals surface area contributed by atoms with Crippen LogP contribution in [-0.4, -0.2) is 52.3 Å². The molecule has 0 unspecified atom stereocenters. The van der Waals surface area contributed by atoms with E-state index < -0.39 is 10.0 Å². The zero-order valence-electron chi connectivity index (χ0n) is 12.9. The van der Waals surface area contributed by atoms with Crippen LogP contribution in [0.2, 0.25) is 0 Å². The molecule has 4 rings (SSSR count). The second-order valence-corrected chi connectivity index (χ2v) is 8.46. The molecule has 2 aliphatic rings. The van der Waals surface area contributed by atoms with Gasteiger partial charge in [-0.1, -0.05) is 0 Å². The van der Waals surface area contributed by atoms with Gasteiger partial charge in [-0.25, -0.2) is 13.4 Å². The summed E-state index contributed by atoms with van der Waals surface area (Å²) in [6.07, 6.45) is 8.15. The molecule has 1 saturated carbocycles. The van der Waals surface area contributed by atoms with Crippen LogP contribution in [0.15, 0.2) is 18.5 Å². The topological polar surface area (TPSA) is 91.0 Å². The molecule has 0 amide bonds. The lowest BCUT2D eigenvalue weighted by Gasteiger charge is -2.34. The number of aromatic nitrogens is 3. The molecule has 2 aromatic heterocycles. The van der Waals surface area contributed by atoms with Gasteiger partial charge in [0.1, 0.15) is 0 Å². The maximum atomic E-state index is 12.0. The molecule has 7 nitrogen and oxygen atoms in total. The maximum Gasteiger partial charge on any atom is 0.214 e. The van der Waals surface area contributed by atoms with Crippen LogP contribution in [0, 0.1) is 0 Å². The van der Waals surface area contributed by atoms with Gasteiger partial charge < -0.3 is 5.32 Å². The van der Waals surface area contributed by atoms with Gasteiger partial charge in [-0.05, 0) is 38.2 Å². The Hall–Kier alpha value is -1.67. The summed E-state index contributed by atoms with van der Waals surface area (Å²) in [6, 6.07) is 2.53. The highest BCUT2D eigenvalue weighted by Crippen LogP contribution is 2.30. The van der Waals surface area contributed by atoms with E-state index in [-0.39, 0.29) is 6.04 Å². The minimum Gasteiger partial charge on any atom is -0.382 e. The molecule has 1 saturated heterocycles. The molecule has 2 aromatic rings. The van der Waals surface area contributed by atoms with Crippen molar-refractivity contribution < 1.29 is 8.42 Å². The monoisotopic (exact) mass is 335 g/mol. The van der Waals surface area contributed by atoms with Crippen molar-refractivity contribution in [1.82, 2.24) is 19.5 Å². The fourth-order valence-electron chi connectivity index (χ4n) is 3.77.